The smallest absolute Gasteiger partial charge is 0.296 e. The number of nitrogen functional groups attached to an aromatic ring is 2. The largest absolute Gasteiger partial charge is 0.505 e. The van der Waals surface area contributed by atoms with Crippen molar-refractivity contribution in [1.82, 2.24) is 0 Å². The molecule has 0 atom stereocenters. The van der Waals surface area contributed by atoms with Gasteiger partial charge in [0.15, 0.2) is 27.9 Å². The standard InChI is InChI=1S/C40H33N9O21S7/c41-30-12-14-31(28-11-9-27(19-29(28)30)75(57,58)59)45-43-22-1-3-24(4-2-22)49-74(55,56)25-7-5-23(6-8-25)44-48-39-35(77(63,64)65)18-21-17-33(71-69-67-51)38(37(42)36(21)40(39)50)47-46-32-13-10-26(20-34(32)76(60,61)62)73(53,54)16-15-66-72-70-68-52/h1-14,17-20,49-52H,15-16,41-42H2,(H,57,58,59)(H,60,61,62)(H,63,64,65)/b45-43+,47-46+,48-44+. The summed E-state index contributed by atoms with van der Waals surface area (Å²) >= 11 is 0.247. The van der Waals surface area contributed by atoms with Crippen molar-refractivity contribution in [2.75, 3.05) is 28.5 Å². The SMILES string of the molecule is Nc1ccc(/N=N/c2ccc(NS(=O)(=O)c3ccc(/N=N/c4c(S(=O)(=O)O)cc5cc(SOOO)c(/N=N/c6ccc(S(=O)(=O)CCOSOOO)cc6S(=O)(=O)O)c(N)c5c4O)cc3)cc2)c2ccc(S(=O)(=O)O)cc12. The first kappa shape index (κ1) is 57.8. The maximum Gasteiger partial charge on any atom is 0.296 e. The third-order valence-corrected chi connectivity index (χ3v) is 16.9. The van der Waals surface area contributed by atoms with E-state index in [4.69, 9.17) is 26.2 Å². The quantitative estimate of drug-likeness (QED) is 0.00581. The number of azo groups is 3. The van der Waals surface area contributed by atoms with Crippen molar-refractivity contribution in [3.8, 4) is 5.75 Å². The molecule has 0 bridgehead atoms. The van der Waals surface area contributed by atoms with Gasteiger partial charge in [-0.1, -0.05) is 16.1 Å². The maximum atomic E-state index is 13.4. The molecule has 0 saturated carbocycles. The lowest BCUT2D eigenvalue weighted by molar-refractivity contribution is -0.434. The van der Waals surface area contributed by atoms with Crippen LogP contribution in [-0.2, 0) is 73.1 Å². The minimum atomic E-state index is -5.26. The second kappa shape index (κ2) is 23.4. The summed E-state index contributed by atoms with van der Waals surface area (Å²) in [6.45, 7) is -0.554. The third-order valence-electron chi connectivity index (χ3n) is 10.2. The molecule has 0 radical (unpaired) electrons. The molecule has 7 rings (SSSR count). The lowest BCUT2D eigenvalue weighted by Crippen LogP contribution is -2.12. The lowest BCUT2D eigenvalue weighted by Gasteiger charge is -2.14. The topological polar surface area (TPSA) is 476 Å². The first-order chi connectivity index (χ1) is 36.2. The molecule has 7 aromatic rings. The number of nitrogens with zero attached hydrogens (tertiary/aromatic N) is 6. The summed E-state index contributed by atoms with van der Waals surface area (Å²) in [6.07, 6.45) is 0. The Balaban J connectivity index is 1.14. The van der Waals surface area contributed by atoms with Gasteiger partial charge in [-0.2, -0.15) is 35.5 Å². The molecule has 37 heteroatoms. The van der Waals surface area contributed by atoms with Gasteiger partial charge >= 0.3 is 0 Å². The number of sulfone groups is 1. The Kier molecular flexibility index (Phi) is 17.5. The van der Waals surface area contributed by atoms with Gasteiger partial charge < -0.3 is 16.6 Å². The zero-order valence-corrected chi connectivity index (χ0v) is 43.5. The highest BCUT2D eigenvalue weighted by molar-refractivity contribution is 7.94. The second-order valence-electron chi connectivity index (χ2n) is 15.1. The number of phenolic OH excluding ortho intramolecular Hbond substituents is 1. The van der Waals surface area contributed by atoms with Crippen LogP contribution >= 0.6 is 24.4 Å². The van der Waals surface area contributed by atoms with Crippen LogP contribution in [0.25, 0.3) is 21.5 Å². The fourth-order valence-corrected chi connectivity index (χ4v) is 11.6. The van der Waals surface area contributed by atoms with E-state index in [2.05, 4.69) is 54.2 Å². The molecule has 0 aromatic heterocycles. The van der Waals surface area contributed by atoms with Crippen molar-refractivity contribution < 1.29 is 94.3 Å². The highest BCUT2D eigenvalue weighted by atomic mass is 32.2. The number of aromatic hydroxyl groups is 1. The van der Waals surface area contributed by atoms with Crippen molar-refractivity contribution in [3.05, 3.63) is 109 Å². The van der Waals surface area contributed by atoms with Crippen LogP contribution < -0.4 is 16.2 Å². The normalized spacial score (nSPS) is 12.9. The average Bonchev–Trinajstić information content (AvgIpc) is 3.40. The number of sulfonamides is 1. The number of hydrogen-bond acceptors (Lipinski definition) is 28. The van der Waals surface area contributed by atoms with Gasteiger partial charge in [0.25, 0.3) is 40.4 Å². The Morgan fingerprint density at radius 1 is 0.558 bits per heavy atom. The average molecular weight is 1200 g/mol. The van der Waals surface area contributed by atoms with E-state index in [-0.39, 0.29) is 67.2 Å². The number of phenols is 1. The van der Waals surface area contributed by atoms with Gasteiger partial charge in [0, 0.05) is 22.1 Å². The van der Waals surface area contributed by atoms with E-state index < -0.39 is 111 Å². The molecule has 0 spiro atoms. The van der Waals surface area contributed by atoms with E-state index in [1.165, 1.54) is 48.5 Å². The van der Waals surface area contributed by atoms with Gasteiger partial charge in [0.2, 0.25) is 0 Å². The molecule has 7 aromatic carbocycles. The fraction of sp³-hybridized carbons (Fsp3) is 0.0500. The van der Waals surface area contributed by atoms with Crippen LogP contribution in [0.1, 0.15) is 0 Å². The van der Waals surface area contributed by atoms with Crippen molar-refractivity contribution in [2.24, 2.45) is 30.7 Å². The number of fused-ring (bicyclic) bond motifs is 2. The molecular formula is C40H33N9O21S7. The van der Waals surface area contributed by atoms with Crippen molar-refractivity contribution in [1.29, 1.82) is 0 Å². The van der Waals surface area contributed by atoms with Crippen LogP contribution in [0.4, 0.5) is 51.2 Å². The number of hydrogen-bond donors (Lipinski definition) is 9. The number of nitrogens with one attached hydrogen (secondary N) is 1. The molecule has 406 valence electrons. The van der Waals surface area contributed by atoms with Crippen LogP contribution in [0.3, 0.4) is 0 Å². The van der Waals surface area contributed by atoms with E-state index in [9.17, 15) is 60.9 Å². The van der Waals surface area contributed by atoms with Gasteiger partial charge in [0.1, 0.15) is 26.9 Å². The van der Waals surface area contributed by atoms with Gasteiger partial charge in [0.05, 0.1) is 72.1 Å². The summed E-state index contributed by atoms with van der Waals surface area (Å²) in [5.41, 5.74) is 10.5. The predicted octanol–water partition coefficient (Wildman–Crippen LogP) is 8.85. The number of rotatable bonds is 22. The molecule has 0 heterocycles. The third kappa shape index (κ3) is 13.8. The van der Waals surface area contributed by atoms with Crippen LogP contribution in [-0.4, -0.2) is 83.7 Å². The molecule has 11 N–H and O–H groups in total. The molecule has 0 unspecified atom stereocenters. The lowest BCUT2D eigenvalue weighted by atomic mass is 10.1. The van der Waals surface area contributed by atoms with E-state index >= 15 is 0 Å². The van der Waals surface area contributed by atoms with Crippen molar-refractivity contribution in [2.45, 2.75) is 29.4 Å². The summed E-state index contributed by atoms with van der Waals surface area (Å²) < 4.78 is 171. The molecule has 0 saturated heterocycles. The van der Waals surface area contributed by atoms with Crippen LogP contribution in [0.15, 0.2) is 169 Å². The van der Waals surface area contributed by atoms with Gasteiger partial charge in [-0.25, -0.2) is 27.4 Å². The number of benzene rings is 7. The Labute approximate surface area is 442 Å². The Bertz CT molecular complexity index is 4120. The Morgan fingerprint density at radius 3 is 1.78 bits per heavy atom. The number of anilines is 3. The second-order valence-corrected chi connectivity index (χ2v) is 24.3. The first-order valence-corrected chi connectivity index (χ1v) is 29.2. The van der Waals surface area contributed by atoms with Gasteiger partial charge in [-0.05, 0) is 109 Å². The molecule has 0 aliphatic carbocycles. The van der Waals surface area contributed by atoms with Crippen LogP contribution in [0.5, 0.6) is 5.75 Å². The maximum absolute atomic E-state index is 13.4. The predicted molar refractivity (Wildman–Crippen MR) is 272 cm³/mol. The van der Waals surface area contributed by atoms with E-state index in [1.807, 2.05) is 0 Å². The molecule has 0 amide bonds. The zero-order valence-electron chi connectivity index (χ0n) is 37.8. The van der Waals surface area contributed by atoms with E-state index in [0.717, 1.165) is 48.5 Å². The molecule has 0 aliphatic rings. The molecule has 30 nitrogen and oxygen atoms in total. The van der Waals surface area contributed by atoms with Crippen molar-refractivity contribution in [3.63, 3.8) is 0 Å². The van der Waals surface area contributed by atoms with Crippen molar-refractivity contribution >= 4 is 147 Å². The molecule has 0 aliphatic heterocycles. The Morgan fingerprint density at radius 2 is 1.14 bits per heavy atom. The number of nitrogens with two attached hydrogens (primary N) is 2. The fourth-order valence-electron chi connectivity index (χ4n) is 6.73. The summed E-state index contributed by atoms with van der Waals surface area (Å²) in [5, 5.41) is 59.3. The summed E-state index contributed by atoms with van der Waals surface area (Å²) in [6, 6.07) is 21.1. The molecule has 77 heavy (non-hydrogen) atoms. The minimum absolute atomic E-state index is 0.0784. The highest BCUT2D eigenvalue weighted by Gasteiger charge is 2.27. The van der Waals surface area contributed by atoms with E-state index in [0.29, 0.717) is 22.5 Å². The van der Waals surface area contributed by atoms with Crippen LogP contribution in [0, 0.1) is 0 Å². The molecule has 0 fully saturated rings. The van der Waals surface area contributed by atoms with Gasteiger partial charge in [-0.3, -0.25) is 22.6 Å². The summed E-state index contributed by atoms with van der Waals surface area (Å²) in [7, 11) is -23.6. The molecular weight excluding hydrogens is 1170 g/mol. The monoisotopic (exact) mass is 1200 g/mol. The summed E-state index contributed by atoms with van der Waals surface area (Å²) in [4.78, 5) is -3.69. The first-order valence-electron chi connectivity index (χ1n) is 20.3. The minimum Gasteiger partial charge on any atom is -0.505 e. The van der Waals surface area contributed by atoms with Crippen LogP contribution in [0.2, 0.25) is 0 Å². The van der Waals surface area contributed by atoms with Gasteiger partial charge in [-0.15, -0.1) is 29.1 Å². The zero-order chi connectivity index (χ0) is 56.1. The highest BCUT2D eigenvalue weighted by Crippen LogP contribution is 2.50. The summed E-state index contributed by atoms with van der Waals surface area (Å²) in [5.74, 6) is -1.82. The van der Waals surface area contributed by atoms with E-state index in [1.54, 1.807) is 6.07 Å². The Hall–Kier alpha value is -6.89.